The highest BCUT2D eigenvalue weighted by atomic mass is 127. The Kier molecular flexibility index (Phi) is 5.81. The SMILES string of the molecule is CC1N(I)C(OCc2ccccc2)=C(Br)C(=O)N1c1c(F)cccc1F. The highest BCUT2D eigenvalue weighted by molar-refractivity contribution is 14.1. The molecule has 136 valence electrons. The molecule has 2 aromatic carbocycles. The zero-order valence-corrected chi connectivity index (χ0v) is 17.4. The van der Waals surface area contributed by atoms with Crippen molar-refractivity contribution in [2.75, 3.05) is 4.90 Å². The Hall–Kier alpha value is -1.68. The maximum absolute atomic E-state index is 14.2. The van der Waals surface area contributed by atoms with Crippen LogP contribution in [-0.2, 0) is 16.1 Å². The van der Waals surface area contributed by atoms with Crippen LogP contribution in [0.3, 0.4) is 0 Å². The molecule has 0 aromatic heterocycles. The molecular formula is C18H14BrF2IN2O2. The number of rotatable bonds is 4. The van der Waals surface area contributed by atoms with E-state index in [0.717, 1.165) is 22.6 Å². The van der Waals surface area contributed by atoms with E-state index < -0.39 is 23.7 Å². The fourth-order valence-corrected chi connectivity index (χ4v) is 4.05. The lowest BCUT2D eigenvalue weighted by molar-refractivity contribution is -0.116. The van der Waals surface area contributed by atoms with Gasteiger partial charge in [-0.3, -0.25) is 12.8 Å². The van der Waals surface area contributed by atoms with E-state index in [1.54, 1.807) is 10.0 Å². The van der Waals surface area contributed by atoms with Crippen molar-refractivity contribution in [3.8, 4) is 0 Å². The fourth-order valence-electron chi connectivity index (χ4n) is 2.59. The minimum absolute atomic E-state index is 0.101. The van der Waals surface area contributed by atoms with Crippen molar-refractivity contribution in [3.05, 3.63) is 76.1 Å². The first-order valence-electron chi connectivity index (χ1n) is 7.71. The van der Waals surface area contributed by atoms with Crippen molar-refractivity contribution in [1.82, 2.24) is 3.11 Å². The minimum Gasteiger partial charge on any atom is -0.473 e. The second-order valence-electron chi connectivity index (χ2n) is 5.58. The van der Waals surface area contributed by atoms with Gasteiger partial charge in [0.1, 0.15) is 34.6 Å². The first-order chi connectivity index (χ1) is 12.4. The van der Waals surface area contributed by atoms with Gasteiger partial charge in [0.05, 0.1) is 22.9 Å². The molecule has 1 aliphatic heterocycles. The van der Waals surface area contributed by atoms with Crippen LogP contribution in [0.2, 0.25) is 0 Å². The van der Waals surface area contributed by atoms with Gasteiger partial charge in [-0.2, -0.15) is 0 Å². The lowest BCUT2D eigenvalue weighted by Gasteiger charge is -2.40. The van der Waals surface area contributed by atoms with Crippen molar-refractivity contribution in [3.63, 3.8) is 0 Å². The summed E-state index contributed by atoms with van der Waals surface area (Å²) in [5.41, 5.74) is 0.554. The zero-order chi connectivity index (χ0) is 18.8. The molecule has 1 atom stereocenters. The summed E-state index contributed by atoms with van der Waals surface area (Å²) >= 11 is 5.18. The molecule has 2 aromatic rings. The van der Waals surface area contributed by atoms with Gasteiger partial charge in [0, 0.05) is 0 Å². The van der Waals surface area contributed by atoms with Crippen molar-refractivity contribution >= 4 is 50.4 Å². The molecule has 0 fully saturated rings. The number of anilines is 1. The van der Waals surface area contributed by atoms with Crippen molar-refractivity contribution in [2.45, 2.75) is 19.7 Å². The second-order valence-corrected chi connectivity index (χ2v) is 7.41. The quantitative estimate of drug-likeness (QED) is 0.404. The van der Waals surface area contributed by atoms with E-state index in [9.17, 15) is 13.6 Å². The van der Waals surface area contributed by atoms with Crippen LogP contribution in [0.5, 0.6) is 0 Å². The molecule has 3 rings (SSSR count). The van der Waals surface area contributed by atoms with Crippen LogP contribution in [0.15, 0.2) is 58.9 Å². The molecule has 1 heterocycles. The van der Waals surface area contributed by atoms with Gasteiger partial charge in [-0.15, -0.1) is 0 Å². The lowest BCUT2D eigenvalue weighted by Crippen LogP contribution is -2.51. The van der Waals surface area contributed by atoms with Crippen molar-refractivity contribution in [2.24, 2.45) is 0 Å². The highest BCUT2D eigenvalue weighted by Crippen LogP contribution is 2.37. The maximum atomic E-state index is 14.2. The molecule has 0 radical (unpaired) electrons. The third-order valence-electron chi connectivity index (χ3n) is 3.89. The van der Waals surface area contributed by atoms with Crippen LogP contribution in [0.4, 0.5) is 14.5 Å². The van der Waals surface area contributed by atoms with E-state index in [1.165, 1.54) is 6.07 Å². The summed E-state index contributed by atoms with van der Waals surface area (Å²) in [7, 11) is 0. The third-order valence-corrected chi connectivity index (χ3v) is 5.81. The van der Waals surface area contributed by atoms with Gasteiger partial charge >= 0.3 is 0 Å². The van der Waals surface area contributed by atoms with Crippen molar-refractivity contribution < 1.29 is 18.3 Å². The Bertz CT molecular complexity index is 843. The monoisotopic (exact) mass is 534 g/mol. The van der Waals surface area contributed by atoms with Crippen LogP contribution < -0.4 is 4.90 Å². The molecule has 0 N–H and O–H groups in total. The molecule has 8 heteroatoms. The normalized spacial score (nSPS) is 17.7. The summed E-state index contributed by atoms with van der Waals surface area (Å²) in [5, 5.41) is 0. The number of para-hydroxylation sites is 1. The van der Waals surface area contributed by atoms with E-state index in [4.69, 9.17) is 4.74 Å². The summed E-state index contributed by atoms with van der Waals surface area (Å²) < 4.78 is 35.9. The minimum atomic E-state index is -0.802. The molecule has 0 spiro atoms. The number of carbonyl (C=O) groups is 1. The largest absolute Gasteiger partial charge is 0.473 e. The van der Waals surface area contributed by atoms with Gasteiger partial charge < -0.3 is 4.74 Å². The molecule has 0 aliphatic carbocycles. The van der Waals surface area contributed by atoms with Crippen LogP contribution in [0.25, 0.3) is 0 Å². The number of ether oxygens (including phenoxy) is 1. The number of carbonyl (C=O) groups excluding carboxylic acids is 1. The molecule has 0 saturated carbocycles. The number of benzene rings is 2. The van der Waals surface area contributed by atoms with E-state index in [1.807, 2.05) is 53.2 Å². The Morgan fingerprint density at radius 2 is 1.73 bits per heavy atom. The topological polar surface area (TPSA) is 32.8 Å². The average Bonchev–Trinajstić information content (AvgIpc) is 2.63. The average molecular weight is 535 g/mol. The first kappa shape index (κ1) is 19.1. The Balaban J connectivity index is 1.92. The molecule has 0 bridgehead atoms. The molecule has 1 aliphatic rings. The maximum Gasteiger partial charge on any atom is 0.272 e. The van der Waals surface area contributed by atoms with Crippen LogP contribution in [0, 0.1) is 11.6 Å². The Labute approximate surface area is 172 Å². The number of halogens is 4. The summed E-state index contributed by atoms with van der Waals surface area (Å²) in [6.45, 7) is 1.93. The van der Waals surface area contributed by atoms with Gasteiger partial charge in [0.2, 0.25) is 5.88 Å². The predicted molar refractivity (Wildman–Crippen MR) is 106 cm³/mol. The Morgan fingerprint density at radius 1 is 1.12 bits per heavy atom. The number of hydrogen-bond acceptors (Lipinski definition) is 3. The van der Waals surface area contributed by atoms with Gasteiger partial charge in [-0.05, 0) is 40.5 Å². The number of amides is 1. The van der Waals surface area contributed by atoms with E-state index >= 15 is 0 Å². The predicted octanol–water partition coefficient (Wildman–Crippen LogP) is 5.09. The third kappa shape index (κ3) is 3.57. The summed E-state index contributed by atoms with van der Waals surface area (Å²) in [6, 6.07) is 13.0. The lowest BCUT2D eigenvalue weighted by atomic mass is 10.2. The standard InChI is InChI=1S/C18H14BrF2IN2O2/c1-11-23(16-13(20)8-5-9-14(16)21)17(25)15(19)18(24(11)22)26-10-12-6-3-2-4-7-12/h2-9,11H,10H2,1H3. The fraction of sp³-hybridized carbons (Fsp3) is 0.167. The molecule has 0 saturated heterocycles. The Morgan fingerprint density at radius 3 is 2.35 bits per heavy atom. The van der Waals surface area contributed by atoms with Crippen LogP contribution in [-0.4, -0.2) is 15.2 Å². The van der Waals surface area contributed by atoms with Gasteiger partial charge in [-0.1, -0.05) is 36.4 Å². The van der Waals surface area contributed by atoms with E-state index in [2.05, 4.69) is 15.9 Å². The molecule has 26 heavy (non-hydrogen) atoms. The molecule has 4 nitrogen and oxygen atoms in total. The van der Waals surface area contributed by atoms with Crippen LogP contribution in [0.1, 0.15) is 12.5 Å². The van der Waals surface area contributed by atoms with Gasteiger partial charge in [-0.25, -0.2) is 8.78 Å². The van der Waals surface area contributed by atoms with E-state index in [0.29, 0.717) is 5.88 Å². The van der Waals surface area contributed by atoms with E-state index in [-0.39, 0.29) is 16.8 Å². The smallest absolute Gasteiger partial charge is 0.272 e. The zero-order valence-electron chi connectivity index (χ0n) is 13.6. The molecule has 1 unspecified atom stereocenters. The number of hydrogen-bond donors (Lipinski definition) is 0. The summed E-state index contributed by atoms with van der Waals surface area (Å²) in [5.74, 6) is -1.87. The first-order valence-corrected chi connectivity index (χ1v) is 9.46. The van der Waals surface area contributed by atoms with Crippen LogP contribution >= 0.6 is 38.8 Å². The van der Waals surface area contributed by atoms with Gasteiger partial charge in [0.15, 0.2) is 0 Å². The number of nitrogens with zero attached hydrogens (tertiary/aromatic N) is 2. The second kappa shape index (κ2) is 7.91. The molecule has 1 amide bonds. The molecular weight excluding hydrogens is 521 g/mol. The summed E-state index contributed by atoms with van der Waals surface area (Å²) in [4.78, 5) is 13.9. The highest BCUT2D eigenvalue weighted by Gasteiger charge is 2.40. The van der Waals surface area contributed by atoms with Crippen molar-refractivity contribution in [1.29, 1.82) is 0 Å². The summed E-state index contributed by atoms with van der Waals surface area (Å²) in [6.07, 6.45) is -0.651. The van der Waals surface area contributed by atoms with Gasteiger partial charge in [0.25, 0.3) is 5.91 Å².